The Morgan fingerprint density at radius 2 is 1.65 bits per heavy atom. The van der Waals surface area contributed by atoms with Gasteiger partial charge in [-0.25, -0.2) is 4.98 Å². The number of hydrogen-bond donors (Lipinski definition) is 1. The summed E-state index contributed by atoms with van der Waals surface area (Å²) in [6.45, 7) is 1.88. The monoisotopic (exact) mass is 409 g/mol. The van der Waals surface area contributed by atoms with Gasteiger partial charge in [0.05, 0.1) is 22.3 Å². The molecule has 0 spiro atoms. The number of nitrogens with zero attached hydrogens (tertiary/aromatic N) is 4. The number of anilines is 1. The summed E-state index contributed by atoms with van der Waals surface area (Å²) in [5.41, 5.74) is 4.50. The zero-order chi connectivity index (χ0) is 21.4. The van der Waals surface area contributed by atoms with Crippen LogP contribution in [0.5, 0.6) is 0 Å². The molecule has 1 amide bonds. The summed E-state index contributed by atoms with van der Waals surface area (Å²) in [6, 6.07) is 22.9. The molecule has 2 aromatic carbocycles. The molecule has 5 aromatic rings. The molecule has 0 aliphatic carbocycles. The predicted octanol–water partition coefficient (Wildman–Crippen LogP) is 4.85. The van der Waals surface area contributed by atoms with Gasteiger partial charge in [-0.1, -0.05) is 65.8 Å². The molecule has 0 atom stereocenters. The van der Waals surface area contributed by atoms with Crippen molar-refractivity contribution in [1.82, 2.24) is 19.9 Å². The van der Waals surface area contributed by atoms with Gasteiger partial charge in [0.1, 0.15) is 11.5 Å². The Hall–Kier alpha value is -4.26. The van der Waals surface area contributed by atoms with Crippen molar-refractivity contribution < 1.29 is 9.32 Å². The average molecular weight is 409 g/mol. The summed E-state index contributed by atoms with van der Waals surface area (Å²) >= 11 is 0. The molecule has 0 aliphatic heterocycles. The van der Waals surface area contributed by atoms with Gasteiger partial charge in [0.2, 0.25) is 0 Å². The minimum Gasteiger partial charge on any atom is -0.335 e. The molecule has 7 heteroatoms. The Bertz CT molecular complexity index is 1390. The van der Waals surface area contributed by atoms with E-state index in [-0.39, 0.29) is 5.91 Å². The Labute approximate surface area is 178 Å². The number of nitrogens with one attached hydrogen (secondary N) is 1. The molecule has 0 fully saturated rings. The van der Waals surface area contributed by atoms with E-state index in [0.29, 0.717) is 33.9 Å². The second kappa shape index (κ2) is 7.53. The van der Waals surface area contributed by atoms with Crippen LogP contribution < -0.4 is 5.32 Å². The van der Waals surface area contributed by atoms with Crippen molar-refractivity contribution in [2.75, 3.05) is 5.32 Å². The quantitative estimate of drug-likeness (QED) is 0.459. The number of carbonyl (C=O) groups excluding carboxylic acids is 1. The van der Waals surface area contributed by atoms with E-state index in [4.69, 9.17) is 4.52 Å². The van der Waals surface area contributed by atoms with E-state index in [0.717, 1.165) is 16.8 Å². The van der Waals surface area contributed by atoms with Crippen molar-refractivity contribution in [2.45, 2.75) is 6.92 Å². The summed E-state index contributed by atoms with van der Waals surface area (Å²) in [5, 5.41) is 12.1. The minimum atomic E-state index is -0.284. The number of aromatic nitrogens is 4. The summed E-state index contributed by atoms with van der Waals surface area (Å²) in [5.74, 6) is 0.319. The van der Waals surface area contributed by atoms with Crippen LogP contribution in [0.25, 0.3) is 33.6 Å². The second-order valence-electron chi connectivity index (χ2n) is 7.25. The van der Waals surface area contributed by atoms with E-state index < -0.39 is 0 Å². The Morgan fingerprint density at radius 1 is 0.968 bits per heavy atom. The van der Waals surface area contributed by atoms with Crippen LogP contribution in [0.1, 0.15) is 16.1 Å². The first-order valence-corrected chi connectivity index (χ1v) is 9.83. The Morgan fingerprint density at radius 3 is 2.29 bits per heavy atom. The molecule has 0 saturated carbocycles. The van der Waals surface area contributed by atoms with Gasteiger partial charge in [0, 0.05) is 24.2 Å². The Kier molecular flexibility index (Phi) is 4.55. The molecule has 5 rings (SSSR count). The van der Waals surface area contributed by atoms with Gasteiger partial charge >= 0.3 is 0 Å². The molecule has 0 bridgehead atoms. The lowest BCUT2D eigenvalue weighted by atomic mass is 10.0. The lowest BCUT2D eigenvalue weighted by molar-refractivity contribution is 0.102. The molecule has 7 nitrogen and oxygen atoms in total. The van der Waals surface area contributed by atoms with Crippen molar-refractivity contribution >= 4 is 22.8 Å². The fourth-order valence-electron chi connectivity index (χ4n) is 3.59. The fraction of sp³-hybridized carbons (Fsp3) is 0.0833. The van der Waals surface area contributed by atoms with Crippen molar-refractivity contribution in [3.8, 4) is 22.5 Å². The SMILES string of the molecule is Cc1cc(NC(=O)c2cc(-c3ccccc3)nc3onc(-c4ccccc4)c23)n(C)n1. The van der Waals surface area contributed by atoms with Crippen LogP contribution in [0.4, 0.5) is 5.82 Å². The number of rotatable bonds is 4. The molecule has 1 N–H and O–H groups in total. The van der Waals surface area contributed by atoms with Crippen LogP contribution in [-0.2, 0) is 7.05 Å². The molecule has 3 aromatic heterocycles. The van der Waals surface area contributed by atoms with Gasteiger partial charge in [-0.05, 0) is 13.0 Å². The van der Waals surface area contributed by atoms with E-state index in [1.54, 1.807) is 17.8 Å². The van der Waals surface area contributed by atoms with Crippen molar-refractivity contribution in [3.05, 3.63) is 84.1 Å². The molecule has 0 aliphatic rings. The number of carbonyl (C=O) groups is 1. The highest BCUT2D eigenvalue weighted by Crippen LogP contribution is 2.33. The van der Waals surface area contributed by atoms with Crippen LogP contribution in [-0.4, -0.2) is 25.8 Å². The van der Waals surface area contributed by atoms with E-state index in [1.165, 1.54) is 0 Å². The highest BCUT2D eigenvalue weighted by atomic mass is 16.5. The summed E-state index contributed by atoms with van der Waals surface area (Å²) in [7, 11) is 1.79. The zero-order valence-corrected chi connectivity index (χ0v) is 17.0. The third-order valence-electron chi connectivity index (χ3n) is 5.05. The van der Waals surface area contributed by atoms with Crippen LogP contribution >= 0.6 is 0 Å². The van der Waals surface area contributed by atoms with Crippen molar-refractivity contribution in [1.29, 1.82) is 0 Å². The third-order valence-corrected chi connectivity index (χ3v) is 5.05. The maximum absolute atomic E-state index is 13.4. The largest absolute Gasteiger partial charge is 0.335 e. The second-order valence-corrected chi connectivity index (χ2v) is 7.25. The summed E-state index contributed by atoms with van der Waals surface area (Å²) < 4.78 is 7.21. The van der Waals surface area contributed by atoms with Gasteiger partial charge < -0.3 is 9.84 Å². The molecule has 0 unspecified atom stereocenters. The smallest absolute Gasteiger partial charge is 0.259 e. The van der Waals surface area contributed by atoms with E-state index >= 15 is 0 Å². The number of amides is 1. The van der Waals surface area contributed by atoms with Gasteiger partial charge in [-0.2, -0.15) is 5.10 Å². The lowest BCUT2D eigenvalue weighted by Gasteiger charge is -2.09. The van der Waals surface area contributed by atoms with Crippen LogP contribution in [0.15, 0.2) is 77.3 Å². The molecule has 0 radical (unpaired) electrons. The molecular formula is C24H19N5O2. The standard InChI is InChI=1S/C24H19N5O2/c1-15-13-20(29(2)27-15)26-23(30)18-14-19(16-9-5-3-6-10-16)25-24-21(18)22(28-31-24)17-11-7-4-8-12-17/h3-14H,1-2H3,(H,26,30). The van der Waals surface area contributed by atoms with Crippen molar-refractivity contribution in [3.63, 3.8) is 0 Å². The van der Waals surface area contributed by atoms with Crippen LogP contribution in [0.2, 0.25) is 0 Å². The van der Waals surface area contributed by atoms with Crippen LogP contribution in [0, 0.1) is 6.92 Å². The first-order chi connectivity index (χ1) is 15.1. The predicted molar refractivity (Wildman–Crippen MR) is 119 cm³/mol. The van der Waals surface area contributed by atoms with Gasteiger partial charge in [-0.3, -0.25) is 9.48 Å². The highest BCUT2D eigenvalue weighted by molar-refractivity contribution is 6.15. The maximum atomic E-state index is 13.4. The number of benzene rings is 2. The number of fused-ring (bicyclic) bond motifs is 1. The van der Waals surface area contributed by atoms with E-state index in [1.807, 2.05) is 73.7 Å². The van der Waals surface area contributed by atoms with Gasteiger partial charge in [0.25, 0.3) is 11.6 Å². The summed E-state index contributed by atoms with van der Waals surface area (Å²) in [6.07, 6.45) is 0. The number of hydrogen-bond acceptors (Lipinski definition) is 5. The number of aryl methyl sites for hydroxylation is 2. The third kappa shape index (κ3) is 3.46. The first-order valence-electron chi connectivity index (χ1n) is 9.83. The van der Waals surface area contributed by atoms with Crippen LogP contribution in [0.3, 0.4) is 0 Å². The maximum Gasteiger partial charge on any atom is 0.259 e. The van der Waals surface area contributed by atoms with Gasteiger partial charge in [-0.15, -0.1) is 0 Å². The molecule has 3 heterocycles. The minimum absolute atomic E-state index is 0.284. The topological polar surface area (TPSA) is 85.8 Å². The Balaban J connectivity index is 1.70. The lowest BCUT2D eigenvalue weighted by Crippen LogP contribution is -2.15. The van der Waals surface area contributed by atoms with Crippen molar-refractivity contribution in [2.24, 2.45) is 7.05 Å². The molecule has 0 saturated heterocycles. The molecule has 152 valence electrons. The van der Waals surface area contributed by atoms with E-state index in [9.17, 15) is 4.79 Å². The average Bonchev–Trinajstić information content (AvgIpc) is 3.36. The normalized spacial score (nSPS) is 11.0. The van der Waals surface area contributed by atoms with Gasteiger partial charge in [0.15, 0.2) is 0 Å². The summed E-state index contributed by atoms with van der Waals surface area (Å²) in [4.78, 5) is 18.0. The fourth-order valence-corrected chi connectivity index (χ4v) is 3.59. The highest BCUT2D eigenvalue weighted by Gasteiger charge is 2.22. The molecular weight excluding hydrogens is 390 g/mol. The number of pyridine rings is 1. The zero-order valence-electron chi connectivity index (χ0n) is 17.0. The van der Waals surface area contributed by atoms with E-state index in [2.05, 4.69) is 20.6 Å². The first kappa shape index (κ1) is 18.7. The molecule has 31 heavy (non-hydrogen) atoms.